The summed E-state index contributed by atoms with van der Waals surface area (Å²) in [4.78, 5) is 20.1. The summed E-state index contributed by atoms with van der Waals surface area (Å²) < 4.78 is 19.1. The lowest BCUT2D eigenvalue weighted by molar-refractivity contribution is -0.127. The molecule has 1 aliphatic heterocycles. The van der Waals surface area contributed by atoms with Gasteiger partial charge in [-0.3, -0.25) is 4.79 Å². The topological polar surface area (TPSA) is 79.0 Å². The first-order valence-corrected chi connectivity index (χ1v) is 9.32. The first kappa shape index (κ1) is 18.6. The van der Waals surface area contributed by atoms with Gasteiger partial charge >= 0.3 is 0 Å². The van der Waals surface area contributed by atoms with Gasteiger partial charge in [0.25, 0.3) is 0 Å². The van der Waals surface area contributed by atoms with E-state index in [2.05, 4.69) is 20.6 Å². The van der Waals surface area contributed by atoms with Gasteiger partial charge < -0.3 is 20.4 Å². The van der Waals surface area contributed by atoms with E-state index in [1.54, 1.807) is 12.1 Å². The molecule has 2 heterocycles. The third kappa shape index (κ3) is 4.21. The highest BCUT2D eigenvalue weighted by atomic mass is 19.1. The van der Waals surface area contributed by atoms with E-state index in [9.17, 15) is 9.18 Å². The van der Waals surface area contributed by atoms with Gasteiger partial charge in [-0.25, -0.2) is 9.37 Å². The van der Waals surface area contributed by atoms with Crippen LogP contribution in [0.4, 0.5) is 10.1 Å². The van der Waals surface area contributed by atoms with Gasteiger partial charge in [0, 0.05) is 24.3 Å². The molecule has 0 bridgehead atoms. The molecule has 146 valence electrons. The maximum Gasteiger partial charge on any atom is 0.227 e. The molecule has 1 aromatic heterocycles. The van der Waals surface area contributed by atoms with E-state index >= 15 is 0 Å². The zero-order chi connectivity index (χ0) is 19.7. The van der Waals surface area contributed by atoms with E-state index in [0.717, 1.165) is 23.1 Å². The van der Waals surface area contributed by atoms with Crippen molar-refractivity contribution in [1.82, 2.24) is 15.3 Å². The van der Waals surface area contributed by atoms with Crippen LogP contribution in [0.2, 0.25) is 0 Å². The molecule has 0 saturated carbocycles. The molecule has 28 heavy (non-hydrogen) atoms. The fourth-order valence-electron chi connectivity index (χ4n) is 3.43. The largest absolute Gasteiger partial charge is 0.369 e. The zero-order valence-corrected chi connectivity index (χ0v) is 15.9. The van der Waals surface area contributed by atoms with Gasteiger partial charge in [-0.1, -0.05) is 0 Å². The number of aromatic amines is 1. The lowest BCUT2D eigenvalue weighted by Gasteiger charge is -2.36. The van der Waals surface area contributed by atoms with Crippen molar-refractivity contribution in [3.05, 3.63) is 48.3 Å². The standard InChI is InChI=1S/C21H23FN4O2/c1-21(2)12-23-11-16(28-21)10-19(27)24-15-7-8-17-18(9-15)26-20(25-17)13-3-5-14(22)6-4-13/h3-9,16,23H,10-12H2,1-2H3,(H,24,27)(H,25,26). The van der Waals surface area contributed by atoms with Crippen molar-refractivity contribution in [3.63, 3.8) is 0 Å². The molecule has 0 radical (unpaired) electrons. The lowest BCUT2D eigenvalue weighted by Crippen LogP contribution is -2.51. The second kappa shape index (κ2) is 7.33. The van der Waals surface area contributed by atoms with Gasteiger partial charge in [0.1, 0.15) is 11.6 Å². The molecule has 1 saturated heterocycles. The minimum atomic E-state index is -0.287. The summed E-state index contributed by atoms with van der Waals surface area (Å²) in [7, 11) is 0. The Labute approximate surface area is 162 Å². The maximum atomic E-state index is 13.1. The molecule has 4 rings (SSSR count). The van der Waals surface area contributed by atoms with E-state index in [-0.39, 0.29) is 29.9 Å². The Morgan fingerprint density at radius 2 is 2.07 bits per heavy atom. The van der Waals surface area contributed by atoms with Crippen LogP contribution in [0.15, 0.2) is 42.5 Å². The van der Waals surface area contributed by atoms with Crippen molar-refractivity contribution >= 4 is 22.6 Å². The summed E-state index contributed by atoms with van der Waals surface area (Å²) in [5, 5.41) is 6.22. The van der Waals surface area contributed by atoms with E-state index in [1.807, 2.05) is 32.0 Å². The van der Waals surface area contributed by atoms with Gasteiger partial charge in [0.2, 0.25) is 5.91 Å². The average molecular weight is 382 g/mol. The Bertz CT molecular complexity index is 997. The molecular formula is C21H23FN4O2. The molecule has 1 unspecified atom stereocenters. The summed E-state index contributed by atoms with van der Waals surface area (Å²) in [6, 6.07) is 11.7. The summed E-state index contributed by atoms with van der Waals surface area (Å²) >= 11 is 0. The van der Waals surface area contributed by atoms with E-state index in [0.29, 0.717) is 18.1 Å². The molecule has 3 aromatic rings. The van der Waals surface area contributed by atoms with Crippen LogP contribution in [0.1, 0.15) is 20.3 Å². The maximum absolute atomic E-state index is 13.1. The van der Waals surface area contributed by atoms with E-state index in [4.69, 9.17) is 4.74 Å². The van der Waals surface area contributed by atoms with Crippen LogP contribution in [0, 0.1) is 5.82 Å². The van der Waals surface area contributed by atoms with Crippen molar-refractivity contribution in [2.45, 2.75) is 32.0 Å². The molecule has 1 aliphatic rings. The number of hydrogen-bond acceptors (Lipinski definition) is 4. The number of benzene rings is 2. The van der Waals surface area contributed by atoms with Crippen LogP contribution in [0.5, 0.6) is 0 Å². The number of halogens is 1. The molecular weight excluding hydrogens is 359 g/mol. The van der Waals surface area contributed by atoms with E-state index in [1.165, 1.54) is 12.1 Å². The van der Waals surface area contributed by atoms with Crippen molar-refractivity contribution in [2.75, 3.05) is 18.4 Å². The van der Waals surface area contributed by atoms with Crippen molar-refractivity contribution < 1.29 is 13.9 Å². The Morgan fingerprint density at radius 1 is 1.29 bits per heavy atom. The Balaban J connectivity index is 1.45. The minimum Gasteiger partial charge on any atom is -0.369 e. The Kier molecular flexibility index (Phi) is 4.87. The number of hydrogen-bond donors (Lipinski definition) is 3. The molecule has 1 amide bonds. The number of fused-ring (bicyclic) bond motifs is 1. The fraction of sp³-hybridized carbons (Fsp3) is 0.333. The highest BCUT2D eigenvalue weighted by Crippen LogP contribution is 2.24. The zero-order valence-electron chi connectivity index (χ0n) is 15.9. The number of ether oxygens (including phenoxy) is 1. The van der Waals surface area contributed by atoms with Gasteiger partial charge in [-0.15, -0.1) is 0 Å². The highest BCUT2D eigenvalue weighted by molar-refractivity contribution is 5.93. The quantitative estimate of drug-likeness (QED) is 0.646. The first-order chi connectivity index (χ1) is 13.4. The molecule has 7 heteroatoms. The Hall–Kier alpha value is -2.77. The molecule has 2 aromatic carbocycles. The van der Waals surface area contributed by atoms with Gasteiger partial charge in [-0.05, 0) is 56.3 Å². The summed E-state index contributed by atoms with van der Waals surface area (Å²) in [5.74, 6) is 0.273. The third-order valence-electron chi connectivity index (χ3n) is 4.70. The van der Waals surface area contributed by atoms with Crippen LogP contribution in [0.3, 0.4) is 0 Å². The number of morpholine rings is 1. The van der Waals surface area contributed by atoms with Crippen LogP contribution < -0.4 is 10.6 Å². The number of rotatable bonds is 4. The number of amides is 1. The van der Waals surface area contributed by atoms with Crippen LogP contribution in [0.25, 0.3) is 22.4 Å². The molecule has 6 nitrogen and oxygen atoms in total. The molecule has 1 fully saturated rings. The predicted octanol–water partition coefficient (Wildman–Crippen LogP) is 3.46. The summed E-state index contributed by atoms with van der Waals surface area (Å²) in [5.41, 5.74) is 2.80. The van der Waals surface area contributed by atoms with Crippen molar-refractivity contribution in [2.24, 2.45) is 0 Å². The second-order valence-electron chi connectivity index (χ2n) is 7.71. The van der Waals surface area contributed by atoms with Gasteiger partial charge in [0.05, 0.1) is 29.2 Å². The van der Waals surface area contributed by atoms with Crippen LogP contribution >= 0.6 is 0 Å². The fourth-order valence-corrected chi connectivity index (χ4v) is 3.43. The molecule has 0 spiro atoms. The summed E-state index contributed by atoms with van der Waals surface area (Å²) in [6.45, 7) is 5.46. The number of carbonyl (C=O) groups excluding carboxylic acids is 1. The lowest BCUT2D eigenvalue weighted by atomic mass is 10.1. The molecule has 3 N–H and O–H groups in total. The van der Waals surface area contributed by atoms with Crippen LogP contribution in [-0.4, -0.2) is 40.7 Å². The highest BCUT2D eigenvalue weighted by Gasteiger charge is 2.29. The molecule has 1 atom stereocenters. The number of carbonyl (C=O) groups is 1. The van der Waals surface area contributed by atoms with E-state index < -0.39 is 0 Å². The SMILES string of the molecule is CC1(C)CNCC(CC(=O)Nc2ccc3nc(-c4ccc(F)cc4)[nH]c3c2)O1. The number of nitrogens with zero attached hydrogens (tertiary/aromatic N) is 1. The van der Waals surface area contributed by atoms with Gasteiger partial charge in [0.15, 0.2) is 0 Å². The predicted molar refractivity (Wildman–Crippen MR) is 107 cm³/mol. The number of H-pyrrole nitrogens is 1. The third-order valence-corrected chi connectivity index (χ3v) is 4.70. The average Bonchev–Trinajstić information content (AvgIpc) is 3.04. The smallest absolute Gasteiger partial charge is 0.227 e. The Morgan fingerprint density at radius 3 is 2.82 bits per heavy atom. The number of nitrogens with one attached hydrogen (secondary N) is 3. The van der Waals surface area contributed by atoms with Crippen molar-refractivity contribution in [1.29, 1.82) is 0 Å². The monoisotopic (exact) mass is 382 g/mol. The number of imidazole rings is 1. The number of aromatic nitrogens is 2. The summed E-state index contributed by atoms with van der Waals surface area (Å²) in [6.07, 6.45) is 0.142. The van der Waals surface area contributed by atoms with Gasteiger partial charge in [-0.2, -0.15) is 0 Å². The molecule has 0 aliphatic carbocycles. The second-order valence-corrected chi connectivity index (χ2v) is 7.71. The normalized spacial score (nSPS) is 18.9. The number of anilines is 1. The van der Waals surface area contributed by atoms with Crippen LogP contribution in [-0.2, 0) is 9.53 Å². The minimum absolute atomic E-state index is 0.0953. The first-order valence-electron chi connectivity index (χ1n) is 9.32. The van der Waals surface area contributed by atoms with Crippen molar-refractivity contribution in [3.8, 4) is 11.4 Å².